The molecule has 1 heterocycles. The fourth-order valence-corrected chi connectivity index (χ4v) is 3.68. The van der Waals surface area contributed by atoms with Crippen LogP contribution in [0.2, 0.25) is 0 Å². The van der Waals surface area contributed by atoms with Crippen LogP contribution in [0.25, 0.3) is 0 Å². The van der Waals surface area contributed by atoms with E-state index in [1.165, 1.54) is 6.07 Å². The number of benzene rings is 1. The lowest BCUT2D eigenvalue weighted by Crippen LogP contribution is -2.31. The van der Waals surface area contributed by atoms with Crippen LogP contribution in [0.1, 0.15) is 5.56 Å². The molecule has 112 valence electrons. The van der Waals surface area contributed by atoms with Gasteiger partial charge in [0.1, 0.15) is 0 Å². The molecule has 0 bridgehead atoms. The molecule has 0 radical (unpaired) electrons. The third-order valence-electron chi connectivity index (χ3n) is 3.04. The third-order valence-corrected chi connectivity index (χ3v) is 4.93. The molecule has 1 fully saturated rings. The molecule has 0 aliphatic carbocycles. The standard InChI is InChI=1S/C11H12F3NO4S/c12-11(13,14)7-3-1-2-4-10(7)20(18,19)15-5-8(16)9(17)6-15/h1-4,8-9,16-17H,5-6H2. The van der Waals surface area contributed by atoms with Crippen molar-refractivity contribution in [3.8, 4) is 0 Å². The Bertz CT molecular complexity index is 592. The smallest absolute Gasteiger partial charge is 0.389 e. The first-order valence-corrected chi connectivity index (χ1v) is 7.10. The van der Waals surface area contributed by atoms with Gasteiger partial charge in [0.25, 0.3) is 0 Å². The summed E-state index contributed by atoms with van der Waals surface area (Å²) in [6.45, 7) is -0.870. The molecule has 9 heteroatoms. The zero-order valence-electron chi connectivity index (χ0n) is 10.1. The second-order valence-corrected chi connectivity index (χ2v) is 6.36. The second kappa shape index (κ2) is 4.99. The van der Waals surface area contributed by atoms with Crippen LogP contribution < -0.4 is 0 Å². The van der Waals surface area contributed by atoms with Gasteiger partial charge in [-0.25, -0.2) is 8.42 Å². The summed E-state index contributed by atoms with van der Waals surface area (Å²) in [5, 5.41) is 18.7. The highest BCUT2D eigenvalue weighted by Crippen LogP contribution is 2.35. The minimum atomic E-state index is -4.80. The number of hydrogen-bond donors (Lipinski definition) is 2. The molecule has 20 heavy (non-hydrogen) atoms. The molecule has 0 saturated carbocycles. The first-order chi connectivity index (χ1) is 9.14. The van der Waals surface area contributed by atoms with Crippen molar-refractivity contribution in [1.82, 2.24) is 4.31 Å². The molecule has 2 atom stereocenters. The van der Waals surface area contributed by atoms with E-state index in [9.17, 15) is 31.8 Å². The number of sulfonamides is 1. The van der Waals surface area contributed by atoms with Crippen LogP contribution in [0.3, 0.4) is 0 Å². The van der Waals surface area contributed by atoms with Crippen LogP contribution >= 0.6 is 0 Å². The summed E-state index contributed by atoms with van der Waals surface area (Å²) in [6.07, 6.45) is -7.41. The van der Waals surface area contributed by atoms with Crippen LogP contribution in [0.4, 0.5) is 13.2 Å². The highest BCUT2D eigenvalue weighted by molar-refractivity contribution is 7.89. The van der Waals surface area contributed by atoms with Gasteiger partial charge >= 0.3 is 6.18 Å². The van der Waals surface area contributed by atoms with E-state index in [4.69, 9.17) is 0 Å². The largest absolute Gasteiger partial charge is 0.417 e. The average Bonchev–Trinajstić information content (AvgIpc) is 2.69. The van der Waals surface area contributed by atoms with Crippen LogP contribution in [0, 0.1) is 0 Å². The summed E-state index contributed by atoms with van der Waals surface area (Å²) in [4.78, 5) is -0.881. The Morgan fingerprint density at radius 3 is 2.10 bits per heavy atom. The van der Waals surface area contributed by atoms with Crippen molar-refractivity contribution in [2.75, 3.05) is 13.1 Å². The molecule has 0 spiro atoms. The number of rotatable bonds is 2. The van der Waals surface area contributed by atoms with Gasteiger partial charge in [-0.05, 0) is 12.1 Å². The molecule has 5 nitrogen and oxygen atoms in total. The summed E-state index contributed by atoms with van der Waals surface area (Å²) in [5.74, 6) is 0. The molecule has 2 N–H and O–H groups in total. The van der Waals surface area contributed by atoms with Gasteiger partial charge in [-0.2, -0.15) is 17.5 Å². The zero-order valence-corrected chi connectivity index (χ0v) is 10.9. The van der Waals surface area contributed by atoms with Gasteiger partial charge in [-0.15, -0.1) is 0 Å². The summed E-state index contributed by atoms with van der Waals surface area (Å²) >= 11 is 0. The fourth-order valence-electron chi connectivity index (χ4n) is 2.00. The predicted molar refractivity (Wildman–Crippen MR) is 62.2 cm³/mol. The van der Waals surface area contributed by atoms with Gasteiger partial charge in [-0.1, -0.05) is 12.1 Å². The van der Waals surface area contributed by atoms with Gasteiger partial charge in [0.2, 0.25) is 10.0 Å². The van der Waals surface area contributed by atoms with Gasteiger partial charge in [0, 0.05) is 13.1 Å². The van der Waals surface area contributed by atoms with E-state index in [1.54, 1.807) is 0 Å². The Morgan fingerprint density at radius 2 is 1.60 bits per heavy atom. The molecule has 2 unspecified atom stereocenters. The van der Waals surface area contributed by atoms with Crippen molar-refractivity contribution in [1.29, 1.82) is 0 Å². The summed E-state index contributed by atoms with van der Waals surface area (Å²) in [6, 6.07) is 3.81. The number of nitrogens with zero attached hydrogens (tertiary/aromatic N) is 1. The zero-order chi connectivity index (χ0) is 15.1. The quantitative estimate of drug-likeness (QED) is 0.830. The molecule has 2 rings (SSSR count). The number of aliphatic hydroxyl groups is 2. The van der Waals surface area contributed by atoms with E-state index in [0.717, 1.165) is 12.1 Å². The fraction of sp³-hybridized carbons (Fsp3) is 0.455. The van der Waals surface area contributed by atoms with Crippen molar-refractivity contribution in [2.45, 2.75) is 23.3 Å². The van der Waals surface area contributed by atoms with Gasteiger partial charge in [0.05, 0.1) is 22.7 Å². The second-order valence-electron chi connectivity index (χ2n) is 4.45. The van der Waals surface area contributed by atoms with Crippen molar-refractivity contribution in [2.24, 2.45) is 0 Å². The van der Waals surface area contributed by atoms with Gasteiger partial charge in [0.15, 0.2) is 0 Å². The number of alkyl halides is 3. The van der Waals surface area contributed by atoms with E-state index < -0.39 is 52.0 Å². The van der Waals surface area contributed by atoms with E-state index >= 15 is 0 Å². The van der Waals surface area contributed by atoms with Gasteiger partial charge in [-0.3, -0.25) is 0 Å². The first kappa shape index (κ1) is 15.2. The third kappa shape index (κ3) is 2.66. The topological polar surface area (TPSA) is 77.8 Å². The SMILES string of the molecule is O=S(=O)(c1ccccc1C(F)(F)F)N1CC(O)C(O)C1. The Morgan fingerprint density at radius 1 is 1.10 bits per heavy atom. The maximum Gasteiger partial charge on any atom is 0.417 e. The average molecular weight is 311 g/mol. The minimum Gasteiger partial charge on any atom is -0.389 e. The molecule has 1 saturated heterocycles. The van der Waals surface area contributed by atoms with Crippen molar-refractivity contribution in [3.63, 3.8) is 0 Å². The Balaban J connectivity index is 2.46. The number of aliphatic hydroxyl groups excluding tert-OH is 2. The molecule has 1 aliphatic heterocycles. The highest BCUT2D eigenvalue weighted by Gasteiger charge is 2.42. The number of β-amino-alcohol motifs (C(OH)–C–C–N with tert-alkyl or cyclic N) is 2. The molecule has 0 aromatic heterocycles. The van der Waals surface area contributed by atoms with Crippen molar-refractivity contribution < 1.29 is 31.8 Å². The monoisotopic (exact) mass is 311 g/mol. The summed E-state index contributed by atoms with van der Waals surface area (Å²) < 4.78 is 63.6. The number of halogens is 3. The van der Waals surface area contributed by atoms with Crippen molar-refractivity contribution >= 4 is 10.0 Å². The Kier molecular flexibility index (Phi) is 3.80. The predicted octanol–water partition coefficient (Wildman–Crippen LogP) is 0.431. The van der Waals surface area contributed by atoms with Crippen LogP contribution in [0.5, 0.6) is 0 Å². The minimum absolute atomic E-state index is 0.435. The van der Waals surface area contributed by atoms with Gasteiger partial charge < -0.3 is 10.2 Å². The highest BCUT2D eigenvalue weighted by atomic mass is 32.2. The first-order valence-electron chi connectivity index (χ1n) is 5.66. The van der Waals surface area contributed by atoms with E-state index in [1.807, 2.05) is 0 Å². The molecular formula is C11H12F3NO4S. The van der Waals surface area contributed by atoms with Crippen LogP contribution in [0.15, 0.2) is 29.2 Å². The lowest BCUT2D eigenvalue weighted by Gasteiger charge is -2.19. The normalized spacial score (nSPS) is 25.1. The molecule has 1 aromatic carbocycles. The maximum atomic E-state index is 12.8. The van der Waals surface area contributed by atoms with E-state index in [0.29, 0.717) is 10.4 Å². The lowest BCUT2D eigenvalue weighted by molar-refractivity contribution is -0.139. The van der Waals surface area contributed by atoms with Crippen molar-refractivity contribution in [3.05, 3.63) is 29.8 Å². The lowest BCUT2D eigenvalue weighted by atomic mass is 10.2. The van der Waals surface area contributed by atoms with E-state index in [2.05, 4.69) is 0 Å². The van der Waals surface area contributed by atoms with Crippen LogP contribution in [-0.4, -0.2) is 48.2 Å². The summed E-state index contributed by atoms with van der Waals surface area (Å²) in [5.41, 5.74) is -1.27. The maximum absolute atomic E-state index is 12.8. The molecule has 1 aliphatic rings. The Hall–Kier alpha value is -1.16. The van der Waals surface area contributed by atoms with Crippen LogP contribution in [-0.2, 0) is 16.2 Å². The molecular weight excluding hydrogens is 299 g/mol. The summed E-state index contributed by atoms with van der Waals surface area (Å²) in [7, 11) is -4.42. The Labute approximate surface area is 113 Å². The van der Waals surface area contributed by atoms with E-state index in [-0.39, 0.29) is 0 Å². The number of hydrogen-bond acceptors (Lipinski definition) is 4. The molecule has 1 aromatic rings. The molecule has 0 amide bonds.